The van der Waals surface area contributed by atoms with Crippen molar-refractivity contribution < 1.29 is 9.90 Å². The summed E-state index contributed by atoms with van der Waals surface area (Å²) in [6.45, 7) is 0.639. The molecule has 0 spiro atoms. The zero-order valence-corrected chi connectivity index (χ0v) is 11.4. The zero-order valence-electron chi connectivity index (χ0n) is 11.4. The molecule has 0 atom stereocenters. The maximum Gasteiger partial charge on any atom is 0.225 e. The topological polar surface area (TPSA) is 82.4 Å². The van der Waals surface area contributed by atoms with Crippen molar-refractivity contribution in [2.45, 2.75) is 37.8 Å². The number of nitrogens with one attached hydrogen (secondary N) is 1. The minimum absolute atomic E-state index is 0.00704. The molecule has 0 unspecified atom stereocenters. The molecule has 1 amide bonds. The first kappa shape index (κ1) is 14.1. The Kier molecular flexibility index (Phi) is 4.27. The summed E-state index contributed by atoms with van der Waals surface area (Å²) in [6, 6.07) is 1.97. The number of nitrogens with two attached hydrogens (primary N) is 1. The van der Waals surface area contributed by atoms with Crippen molar-refractivity contribution in [3.05, 3.63) is 24.0 Å². The van der Waals surface area contributed by atoms with E-state index >= 15 is 0 Å². The number of hydrogen-bond donors (Lipinski definition) is 3. The molecule has 0 saturated heterocycles. The van der Waals surface area contributed by atoms with Gasteiger partial charge in [-0.3, -0.25) is 4.79 Å². The van der Waals surface area contributed by atoms with E-state index in [-0.39, 0.29) is 18.4 Å². The summed E-state index contributed by atoms with van der Waals surface area (Å²) in [7, 11) is 1.84. The van der Waals surface area contributed by atoms with Crippen LogP contribution < -0.4 is 5.73 Å². The summed E-state index contributed by atoms with van der Waals surface area (Å²) in [5.74, 6) is 0.230. The lowest BCUT2D eigenvalue weighted by Crippen LogP contribution is -2.48. The van der Waals surface area contributed by atoms with E-state index in [9.17, 15) is 9.90 Å². The van der Waals surface area contributed by atoms with Gasteiger partial charge in [0.1, 0.15) is 0 Å². The van der Waals surface area contributed by atoms with Crippen molar-refractivity contribution in [1.29, 1.82) is 0 Å². The third-order valence-corrected chi connectivity index (χ3v) is 4.10. The third kappa shape index (κ3) is 3.36. The highest BCUT2D eigenvalue weighted by Gasteiger charge is 2.34. The second-order valence-electron chi connectivity index (χ2n) is 5.71. The Morgan fingerprint density at radius 2 is 2.26 bits per heavy atom. The molecular formula is C14H23N3O2. The fourth-order valence-electron chi connectivity index (χ4n) is 2.72. The van der Waals surface area contributed by atoms with Crippen molar-refractivity contribution in [2.75, 3.05) is 13.7 Å². The number of carbonyl (C=O) groups is 1. The van der Waals surface area contributed by atoms with Gasteiger partial charge in [-0.05, 0) is 37.3 Å². The van der Waals surface area contributed by atoms with E-state index in [4.69, 9.17) is 5.73 Å². The molecule has 106 valence electrons. The number of aromatic amines is 1. The molecule has 0 bridgehead atoms. The predicted octanol–water partition coefficient (Wildman–Crippen LogP) is 0.853. The fraction of sp³-hybridized carbons (Fsp3) is 0.643. The molecular weight excluding hydrogens is 242 g/mol. The molecule has 4 N–H and O–H groups in total. The van der Waals surface area contributed by atoms with Crippen LogP contribution in [0.1, 0.15) is 31.2 Å². The molecule has 1 fully saturated rings. The Hall–Kier alpha value is -1.33. The van der Waals surface area contributed by atoms with Gasteiger partial charge in [0.05, 0.1) is 6.61 Å². The second-order valence-corrected chi connectivity index (χ2v) is 5.71. The van der Waals surface area contributed by atoms with Crippen molar-refractivity contribution in [3.63, 3.8) is 0 Å². The lowest BCUT2D eigenvalue weighted by molar-refractivity contribution is -0.136. The highest BCUT2D eigenvalue weighted by atomic mass is 16.3. The van der Waals surface area contributed by atoms with Gasteiger partial charge < -0.3 is 20.7 Å². The van der Waals surface area contributed by atoms with Crippen LogP contribution in [0.4, 0.5) is 0 Å². The maximum absolute atomic E-state index is 12.3. The Morgan fingerprint density at radius 3 is 2.79 bits per heavy atom. The van der Waals surface area contributed by atoms with Gasteiger partial charge in [0, 0.05) is 37.4 Å². The van der Waals surface area contributed by atoms with Crippen LogP contribution in [0.2, 0.25) is 0 Å². The molecule has 1 aromatic heterocycles. The SMILES string of the molecule is CN(Cc1cc[nH]c1)C(=O)C1CCC(N)(CO)CC1. The average Bonchev–Trinajstić information content (AvgIpc) is 2.91. The van der Waals surface area contributed by atoms with Gasteiger partial charge in [-0.15, -0.1) is 0 Å². The summed E-state index contributed by atoms with van der Waals surface area (Å²) in [4.78, 5) is 17.1. The number of aromatic nitrogens is 1. The van der Waals surface area contributed by atoms with Crippen LogP contribution >= 0.6 is 0 Å². The van der Waals surface area contributed by atoms with Crippen LogP contribution in [0, 0.1) is 5.92 Å². The van der Waals surface area contributed by atoms with Crippen LogP contribution in [0.3, 0.4) is 0 Å². The standard InChI is InChI=1S/C14H23N3O2/c1-17(9-11-4-7-16-8-11)13(19)12-2-5-14(15,10-18)6-3-12/h4,7-8,12,16,18H,2-3,5-6,9-10,15H2,1H3. The molecule has 0 radical (unpaired) electrons. The first-order chi connectivity index (χ1) is 9.04. The van der Waals surface area contributed by atoms with Crippen molar-refractivity contribution in [3.8, 4) is 0 Å². The first-order valence-electron chi connectivity index (χ1n) is 6.80. The Balaban J connectivity index is 1.87. The normalized spacial score (nSPS) is 27.2. The largest absolute Gasteiger partial charge is 0.394 e. The summed E-state index contributed by atoms with van der Waals surface area (Å²) in [6.07, 6.45) is 6.75. The summed E-state index contributed by atoms with van der Waals surface area (Å²) < 4.78 is 0. The second kappa shape index (κ2) is 5.75. The Morgan fingerprint density at radius 1 is 1.58 bits per heavy atom. The van der Waals surface area contributed by atoms with E-state index in [0.29, 0.717) is 6.54 Å². The molecule has 1 saturated carbocycles. The van der Waals surface area contributed by atoms with Crippen LogP contribution in [0.25, 0.3) is 0 Å². The summed E-state index contributed by atoms with van der Waals surface area (Å²) in [5, 5.41) is 9.23. The van der Waals surface area contributed by atoms with Crippen molar-refractivity contribution in [2.24, 2.45) is 11.7 Å². The van der Waals surface area contributed by atoms with Crippen molar-refractivity contribution in [1.82, 2.24) is 9.88 Å². The number of hydrogen-bond acceptors (Lipinski definition) is 3. The monoisotopic (exact) mass is 265 g/mol. The highest BCUT2D eigenvalue weighted by molar-refractivity contribution is 5.78. The summed E-state index contributed by atoms with van der Waals surface area (Å²) in [5.41, 5.74) is 6.66. The van der Waals surface area contributed by atoms with Gasteiger partial charge in [0.2, 0.25) is 5.91 Å². The minimum Gasteiger partial charge on any atom is -0.394 e. The van der Waals surface area contributed by atoms with Gasteiger partial charge >= 0.3 is 0 Å². The first-order valence-corrected chi connectivity index (χ1v) is 6.80. The fourth-order valence-corrected chi connectivity index (χ4v) is 2.72. The quantitative estimate of drug-likeness (QED) is 0.755. The van der Waals surface area contributed by atoms with Gasteiger partial charge in [-0.25, -0.2) is 0 Å². The van der Waals surface area contributed by atoms with Gasteiger partial charge in [0.25, 0.3) is 0 Å². The van der Waals surface area contributed by atoms with E-state index in [1.807, 2.05) is 25.5 Å². The molecule has 1 aliphatic rings. The highest BCUT2D eigenvalue weighted by Crippen LogP contribution is 2.31. The number of carbonyl (C=O) groups excluding carboxylic acids is 1. The Bertz CT molecular complexity index is 408. The lowest BCUT2D eigenvalue weighted by Gasteiger charge is -2.36. The van der Waals surface area contributed by atoms with Crippen LogP contribution in [-0.2, 0) is 11.3 Å². The lowest BCUT2D eigenvalue weighted by atomic mass is 9.77. The van der Waals surface area contributed by atoms with Gasteiger partial charge in [-0.2, -0.15) is 0 Å². The van der Waals surface area contributed by atoms with Crippen LogP contribution in [-0.4, -0.2) is 40.1 Å². The molecule has 0 aromatic carbocycles. The molecule has 5 nitrogen and oxygen atoms in total. The molecule has 0 aliphatic heterocycles. The molecule has 1 aromatic rings. The van der Waals surface area contributed by atoms with Gasteiger partial charge in [-0.1, -0.05) is 0 Å². The van der Waals surface area contributed by atoms with Crippen LogP contribution in [0.15, 0.2) is 18.5 Å². The minimum atomic E-state index is -0.476. The van der Waals surface area contributed by atoms with Crippen LogP contribution in [0.5, 0.6) is 0 Å². The predicted molar refractivity (Wildman–Crippen MR) is 73.2 cm³/mol. The van der Waals surface area contributed by atoms with E-state index in [1.165, 1.54) is 0 Å². The van der Waals surface area contributed by atoms with E-state index < -0.39 is 5.54 Å². The number of amides is 1. The van der Waals surface area contributed by atoms with E-state index in [1.54, 1.807) is 4.90 Å². The number of H-pyrrole nitrogens is 1. The molecule has 19 heavy (non-hydrogen) atoms. The maximum atomic E-state index is 12.3. The van der Waals surface area contributed by atoms with E-state index in [0.717, 1.165) is 31.2 Å². The number of aliphatic hydroxyl groups is 1. The average molecular weight is 265 g/mol. The third-order valence-electron chi connectivity index (χ3n) is 4.10. The van der Waals surface area contributed by atoms with E-state index in [2.05, 4.69) is 4.98 Å². The molecule has 1 heterocycles. The smallest absolute Gasteiger partial charge is 0.225 e. The van der Waals surface area contributed by atoms with Crippen molar-refractivity contribution >= 4 is 5.91 Å². The molecule has 2 rings (SSSR count). The van der Waals surface area contributed by atoms with Gasteiger partial charge in [0.15, 0.2) is 0 Å². The summed E-state index contributed by atoms with van der Waals surface area (Å²) >= 11 is 0. The molecule has 5 heteroatoms. The molecule has 1 aliphatic carbocycles. The Labute approximate surface area is 113 Å². The number of rotatable bonds is 4. The number of nitrogens with zero attached hydrogens (tertiary/aromatic N) is 1. The number of aliphatic hydroxyl groups excluding tert-OH is 1. The zero-order chi connectivity index (χ0) is 13.9.